The quantitative estimate of drug-likeness (QED) is 0.0442. The van der Waals surface area contributed by atoms with E-state index in [0.29, 0.717) is 0 Å². The van der Waals surface area contributed by atoms with Gasteiger partial charge in [-0.15, -0.1) is 0 Å². The topological polar surface area (TPSA) is 210 Å². The number of hydrogen-bond acceptors (Lipinski definition) is 16. The molecular weight excluding hydrogens is 1690 g/mol. The summed E-state index contributed by atoms with van der Waals surface area (Å²) in [5.41, 5.74) is -1.04. The highest BCUT2D eigenvalue weighted by atomic mass is 16.6. The van der Waals surface area contributed by atoms with E-state index >= 15 is 0 Å². The van der Waals surface area contributed by atoms with Crippen LogP contribution >= 0.6 is 0 Å². The van der Waals surface area contributed by atoms with E-state index < -0.39 is 0 Å². The largest absolute Gasteiger partial charge is 0.459 e. The molecule has 8 saturated carbocycles. The normalized spacial score (nSPS) is 19.2. The van der Waals surface area contributed by atoms with Crippen LogP contribution in [-0.4, -0.2) is 92.6 Å². The van der Waals surface area contributed by atoms with Crippen molar-refractivity contribution >= 4 is 47.8 Å². The van der Waals surface area contributed by atoms with E-state index in [9.17, 15) is 38.4 Å². The summed E-state index contributed by atoms with van der Waals surface area (Å²) in [5.74, 6) is 0.376. The van der Waals surface area contributed by atoms with E-state index in [1.54, 1.807) is 0 Å². The lowest BCUT2D eigenvalue weighted by Gasteiger charge is -2.41. The summed E-state index contributed by atoms with van der Waals surface area (Å²) >= 11 is 0. The summed E-state index contributed by atoms with van der Waals surface area (Å²) < 4.78 is 45.8. The number of hydrogen-bond donors (Lipinski definition) is 0. The first-order valence-electron chi connectivity index (χ1n) is 50.0. The van der Waals surface area contributed by atoms with Crippen LogP contribution in [0.5, 0.6) is 0 Å². The van der Waals surface area contributed by atoms with Crippen LogP contribution < -0.4 is 0 Å². The predicted octanol–water partition coefficient (Wildman–Crippen LogP) is 39.2. The number of unbranched alkanes of at least 4 members (excludes halogenated alkanes) is 1. The molecule has 135 heavy (non-hydrogen) atoms. The Morgan fingerprint density at radius 1 is 0.215 bits per heavy atom. The Bertz CT molecular complexity index is 2740. The third-order valence-electron chi connectivity index (χ3n) is 28.8. The number of esters is 8. The van der Waals surface area contributed by atoms with E-state index in [1.165, 1.54) is 135 Å². The molecule has 0 aliphatic heterocycles. The summed E-state index contributed by atoms with van der Waals surface area (Å²) in [6, 6.07) is 0. The molecule has 0 spiro atoms. The Morgan fingerprint density at radius 3 is 0.570 bits per heavy atom. The minimum atomic E-state index is -0.215. The molecule has 0 N–H and O–H groups in total. The second-order valence-corrected chi connectivity index (χ2v) is 39.9. The van der Waals surface area contributed by atoms with Crippen LogP contribution in [0.15, 0.2) is 0 Å². The zero-order valence-electron chi connectivity index (χ0n) is 82.4. The van der Waals surface area contributed by atoms with Crippen molar-refractivity contribution in [2.24, 2.45) is 52.8 Å². The van der Waals surface area contributed by atoms with Crippen LogP contribution in [-0.2, 0) is 76.3 Å². The Morgan fingerprint density at radius 2 is 0.378 bits per heavy atom. The minimum absolute atomic E-state index is 0. The van der Waals surface area contributed by atoms with Crippen LogP contribution in [0.1, 0.15) is 633 Å². The highest BCUT2D eigenvalue weighted by molar-refractivity contribution is 5.75. The smallest absolute Gasteiger partial charge is 0.309 e. The van der Waals surface area contributed by atoms with Gasteiger partial charge in [0.05, 0.1) is 47.3 Å². The molecule has 16 nitrogen and oxygen atoms in total. The third kappa shape index (κ3) is 60.7. The SMILES string of the molecule is C.C.C.C.C.C.C.C.C.C.C.C.C.C.C.C.CCC(C)C(=O)OC1(C(C)(C)C)CCCC1.CCC(C)C(=O)OC1(C)CCCC1.CCC(C)C(=O)OC1(C)CCCCC1.CCC(C)C(=O)OC1(CC)CCCC1.CCC(C)C(=O)OC1(CC)CCCCC1.CCCC1(OC(=O)C(C)CC)CCCC1.CCCC1(OC(=O)C(C)CC)CCCCC1.CCCCC1(OC(=O)C(C)CC)CCCC1. The van der Waals surface area contributed by atoms with Gasteiger partial charge in [0.2, 0.25) is 0 Å². The molecule has 8 atom stereocenters. The molecular formula is C119H254O16. The van der Waals surface area contributed by atoms with Crippen LogP contribution in [0.3, 0.4) is 0 Å². The first-order chi connectivity index (χ1) is 56.1. The molecule has 0 radical (unpaired) electrons. The monoisotopic (exact) mass is 1940 g/mol. The standard InChI is InChI=1S/3C14H26O2.2C13H24O2.2C12H22O2.C11H20O2.16CH4/c1-6-11(2)12(15)16-14(13(3,4)5)9-7-8-10-14;1-4-9-14(10-7-6-8-11-14)16-13(15)12(3)5-2;1-4-6-9-14(10-7-8-11-14)16-13(15)12(3)5-2;1-4-11(3)12(14)15-13(5-2)9-7-6-8-10-13;1-4-8-13(9-6-7-10-13)15-12(14)11(3)5-2;1-4-10(2)11(13)14-12(3)8-6-5-7-9-12;1-4-10(3)11(13)14-12(5-2)8-6-7-9-12;1-4-9(2)10(12)13-11(3)7-5-6-8-11;;;;;;;;;;;;;;;;/h11H,6-10H2,1-5H3;2*12H,4-11H2,1-3H3;2*11H,4-10H2,1-3H3;2*10H,4-9H2,1-3H3;9H,4-8H2,1-3H3;16*1H4. The molecule has 0 aromatic carbocycles. The van der Waals surface area contributed by atoms with Gasteiger partial charge >= 0.3 is 47.8 Å². The highest BCUT2D eigenvalue weighted by Gasteiger charge is 2.49. The number of carbonyl (C=O) groups excluding carboxylic acids is 8. The van der Waals surface area contributed by atoms with Crippen LogP contribution in [0.25, 0.3) is 0 Å². The molecule has 8 aliphatic carbocycles. The molecule has 8 fully saturated rings. The van der Waals surface area contributed by atoms with Crippen molar-refractivity contribution in [2.75, 3.05) is 0 Å². The lowest BCUT2D eigenvalue weighted by Crippen LogP contribution is -2.45. The second kappa shape index (κ2) is 86.4. The van der Waals surface area contributed by atoms with Crippen molar-refractivity contribution in [3.05, 3.63) is 0 Å². The fraction of sp³-hybridized carbons (Fsp3) is 0.933. The van der Waals surface area contributed by atoms with Crippen molar-refractivity contribution < 1.29 is 76.3 Å². The molecule has 0 heterocycles. The molecule has 8 unspecified atom stereocenters. The summed E-state index contributed by atoms with van der Waals surface area (Å²) in [6.07, 6.45) is 56.7. The van der Waals surface area contributed by atoms with Gasteiger partial charge < -0.3 is 37.9 Å². The lowest BCUT2D eigenvalue weighted by molar-refractivity contribution is -0.177. The Labute approximate surface area is 849 Å². The van der Waals surface area contributed by atoms with Gasteiger partial charge in [0.25, 0.3) is 0 Å². The molecule has 0 aromatic rings. The number of carbonyl (C=O) groups is 8. The molecule has 8 aliphatic rings. The van der Waals surface area contributed by atoms with Gasteiger partial charge in [0, 0.05) is 5.41 Å². The first-order valence-corrected chi connectivity index (χ1v) is 50.0. The van der Waals surface area contributed by atoms with E-state index in [-0.39, 0.29) is 264 Å². The van der Waals surface area contributed by atoms with Crippen molar-refractivity contribution in [1.29, 1.82) is 0 Å². The zero-order chi connectivity index (χ0) is 90.2. The Kier molecular flexibility index (Phi) is 107. The van der Waals surface area contributed by atoms with Crippen molar-refractivity contribution in [3.63, 3.8) is 0 Å². The molecule has 826 valence electrons. The third-order valence-corrected chi connectivity index (χ3v) is 28.8. The van der Waals surface area contributed by atoms with Gasteiger partial charge in [-0.05, 0) is 309 Å². The molecule has 0 bridgehead atoms. The maximum absolute atomic E-state index is 12.0. The molecule has 0 amide bonds. The predicted molar refractivity (Wildman–Crippen MR) is 596 cm³/mol. The van der Waals surface area contributed by atoms with Crippen molar-refractivity contribution in [2.45, 2.75) is 678 Å². The summed E-state index contributed by atoms with van der Waals surface area (Å²) in [5, 5.41) is 0. The lowest BCUT2D eigenvalue weighted by atomic mass is 9.75. The van der Waals surface area contributed by atoms with E-state index in [1.807, 2.05) is 111 Å². The maximum Gasteiger partial charge on any atom is 0.309 e. The van der Waals surface area contributed by atoms with E-state index in [2.05, 4.69) is 69.2 Å². The van der Waals surface area contributed by atoms with E-state index in [4.69, 9.17) is 37.9 Å². The van der Waals surface area contributed by atoms with E-state index in [0.717, 1.165) is 199 Å². The molecule has 16 heteroatoms. The maximum atomic E-state index is 12.0. The van der Waals surface area contributed by atoms with Gasteiger partial charge in [-0.25, -0.2) is 0 Å². The number of rotatable bonds is 33. The zero-order valence-corrected chi connectivity index (χ0v) is 82.4. The van der Waals surface area contributed by atoms with Gasteiger partial charge in [0.1, 0.15) is 44.8 Å². The van der Waals surface area contributed by atoms with Gasteiger partial charge in [0.15, 0.2) is 0 Å². The highest BCUT2D eigenvalue weighted by Crippen LogP contribution is 2.48. The Balaban J connectivity index is -0.0000000843. The van der Waals surface area contributed by atoms with Crippen LogP contribution in [0.4, 0.5) is 0 Å². The fourth-order valence-corrected chi connectivity index (χ4v) is 17.6. The van der Waals surface area contributed by atoms with Crippen molar-refractivity contribution in [1.82, 2.24) is 0 Å². The minimum Gasteiger partial charge on any atom is -0.459 e. The fourth-order valence-electron chi connectivity index (χ4n) is 17.6. The van der Waals surface area contributed by atoms with Crippen LogP contribution in [0.2, 0.25) is 0 Å². The molecule has 0 aromatic heterocycles. The first kappa shape index (κ1) is 167. The average molecular weight is 1940 g/mol. The summed E-state index contributed by atoms with van der Waals surface area (Å²) in [6.45, 7) is 53.3. The Hall–Kier alpha value is -4.24. The van der Waals surface area contributed by atoms with Crippen LogP contribution in [0, 0.1) is 52.8 Å². The number of ether oxygens (including phenoxy) is 8. The summed E-state index contributed by atoms with van der Waals surface area (Å²) in [4.78, 5) is 94.1. The van der Waals surface area contributed by atoms with Gasteiger partial charge in [-0.2, -0.15) is 0 Å². The summed E-state index contributed by atoms with van der Waals surface area (Å²) in [7, 11) is 0. The van der Waals surface area contributed by atoms with Crippen molar-refractivity contribution in [3.8, 4) is 0 Å². The van der Waals surface area contributed by atoms with Gasteiger partial charge in [-0.3, -0.25) is 38.4 Å². The molecule has 0 saturated heterocycles. The average Bonchev–Trinajstić information content (AvgIpc) is 1.66. The second-order valence-electron chi connectivity index (χ2n) is 39.9. The molecule has 8 rings (SSSR count). The van der Waals surface area contributed by atoms with Gasteiger partial charge in [-0.1, -0.05) is 324 Å².